The number of carboxylic acids is 2. The summed E-state index contributed by atoms with van der Waals surface area (Å²) >= 11 is 0. The van der Waals surface area contributed by atoms with E-state index in [4.69, 9.17) is 24.8 Å². The molecule has 1 fully saturated rings. The van der Waals surface area contributed by atoms with Crippen molar-refractivity contribution < 1.29 is 39.2 Å². The van der Waals surface area contributed by atoms with Gasteiger partial charge in [-0.1, -0.05) is 29.8 Å². The minimum absolute atomic E-state index is 0.0561. The number of ketones is 1. The quantitative estimate of drug-likeness (QED) is 0.345. The number of hydrogen-bond donors (Lipinski definition) is 4. The molecule has 3 atom stereocenters. The summed E-state index contributed by atoms with van der Waals surface area (Å²) in [5.74, 6) is -2.48. The maximum Gasteiger partial charge on any atom is 0.335 e. The Morgan fingerprint density at radius 2 is 1.58 bits per heavy atom. The first-order valence-corrected chi connectivity index (χ1v) is 11.8. The molecule has 192 valence electrons. The number of aliphatic hydroxyl groups is 2. The molecule has 2 heterocycles. The van der Waals surface area contributed by atoms with Gasteiger partial charge in [0, 0.05) is 35.5 Å². The zero-order valence-electron chi connectivity index (χ0n) is 20.3. The Bertz CT molecular complexity index is 1200. The van der Waals surface area contributed by atoms with Gasteiger partial charge in [-0.15, -0.1) is 0 Å². The van der Waals surface area contributed by atoms with Crippen molar-refractivity contribution in [3.05, 3.63) is 71.0 Å². The molecule has 1 saturated heterocycles. The zero-order valence-corrected chi connectivity index (χ0v) is 20.3. The van der Waals surface area contributed by atoms with Crippen LogP contribution in [-0.4, -0.2) is 74.4 Å². The molecule has 3 aromatic rings. The second-order valence-electron chi connectivity index (χ2n) is 9.00. The lowest BCUT2D eigenvalue weighted by Gasteiger charge is -2.19. The third kappa shape index (κ3) is 6.78. The number of nitrogens with zero attached hydrogens (tertiary/aromatic N) is 1. The summed E-state index contributed by atoms with van der Waals surface area (Å²) in [5, 5.41) is 33.5. The molecule has 0 saturated carbocycles. The van der Waals surface area contributed by atoms with Crippen LogP contribution in [0.25, 0.3) is 11.0 Å². The molecule has 36 heavy (non-hydrogen) atoms. The number of aliphatic carboxylic acids is 2. The van der Waals surface area contributed by atoms with Gasteiger partial charge in [-0.3, -0.25) is 4.79 Å². The van der Waals surface area contributed by atoms with Crippen LogP contribution in [0.3, 0.4) is 0 Å². The second-order valence-corrected chi connectivity index (χ2v) is 9.00. The molecular formula is C27H31NO8. The van der Waals surface area contributed by atoms with Crippen molar-refractivity contribution in [2.24, 2.45) is 0 Å². The lowest BCUT2D eigenvalue weighted by Crippen LogP contribution is -2.39. The number of aryl methyl sites for hydroxylation is 1. The predicted octanol–water partition coefficient (Wildman–Crippen LogP) is 2.88. The van der Waals surface area contributed by atoms with Crippen molar-refractivity contribution in [1.29, 1.82) is 0 Å². The Hall–Kier alpha value is -3.53. The highest BCUT2D eigenvalue weighted by Gasteiger charge is 2.29. The molecule has 9 nitrogen and oxygen atoms in total. The van der Waals surface area contributed by atoms with Crippen LogP contribution >= 0.6 is 0 Å². The summed E-state index contributed by atoms with van der Waals surface area (Å²) in [6.07, 6.45) is -1.02. The summed E-state index contributed by atoms with van der Waals surface area (Å²) < 4.78 is 5.98. The largest absolute Gasteiger partial charge is 0.479 e. The van der Waals surface area contributed by atoms with Crippen molar-refractivity contribution in [3.63, 3.8) is 0 Å². The minimum Gasteiger partial charge on any atom is -0.479 e. The number of carbonyl (C=O) groups excluding carboxylic acids is 1. The van der Waals surface area contributed by atoms with E-state index < -0.39 is 24.1 Å². The topological polar surface area (TPSA) is 149 Å². The van der Waals surface area contributed by atoms with Crippen molar-refractivity contribution in [2.45, 2.75) is 51.4 Å². The zero-order chi connectivity index (χ0) is 26.4. The molecule has 0 aliphatic carbocycles. The van der Waals surface area contributed by atoms with Gasteiger partial charge in [0.1, 0.15) is 11.3 Å². The van der Waals surface area contributed by atoms with Crippen LogP contribution in [0, 0.1) is 6.92 Å². The third-order valence-electron chi connectivity index (χ3n) is 6.28. The number of fused-ring (bicyclic) bond motifs is 1. The molecule has 9 heteroatoms. The molecule has 1 aliphatic rings. The third-order valence-corrected chi connectivity index (χ3v) is 6.28. The van der Waals surface area contributed by atoms with E-state index in [0.717, 1.165) is 40.8 Å². The normalized spacial score (nSPS) is 17.3. The van der Waals surface area contributed by atoms with Crippen molar-refractivity contribution in [3.8, 4) is 0 Å². The average Bonchev–Trinajstić information content (AvgIpc) is 3.46. The van der Waals surface area contributed by atoms with E-state index >= 15 is 0 Å². The number of carbonyl (C=O) groups is 3. The fraction of sp³-hybridized carbons (Fsp3) is 0.370. The minimum atomic E-state index is -2.27. The van der Waals surface area contributed by atoms with Crippen LogP contribution in [0.4, 0.5) is 0 Å². The van der Waals surface area contributed by atoms with Crippen molar-refractivity contribution in [1.82, 2.24) is 4.90 Å². The number of aliphatic hydroxyl groups excluding tert-OH is 2. The fourth-order valence-electron chi connectivity index (χ4n) is 4.08. The van der Waals surface area contributed by atoms with Crippen molar-refractivity contribution in [2.75, 3.05) is 13.1 Å². The molecule has 0 amide bonds. The maximum atomic E-state index is 12.7. The fourth-order valence-corrected chi connectivity index (χ4v) is 4.08. The Morgan fingerprint density at radius 3 is 2.14 bits per heavy atom. The first-order chi connectivity index (χ1) is 17.1. The molecule has 0 radical (unpaired) electrons. The van der Waals surface area contributed by atoms with E-state index in [9.17, 15) is 14.4 Å². The van der Waals surface area contributed by atoms with Gasteiger partial charge >= 0.3 is 11.9 Å². The van der Waals surface area contributed by atoms with Gasteiger partial charge in [-0.05, 0) is 57.5 Å². The van der Waals surface area contributed by atoms with Gasteiger partial charge in [0.25, 0.3) is 0 Å². The van der Waals surface area contributed by atoms with Gasteiger partial charge in [0.15, 0.2) is 18.0 Å². The van der Waals surface area contributed by atoms with Gasteiger partial charge in [-0.2, -0.15) is 0 Å². The first-order valence-electron chi connectivity index (χ1n) is 11.8. The van der Waals surface area contributed by atoms with Gasteiger partial charge in [0.05, 0.1) is 0 Å². The maximum absolute atomic E-state index is 12.7. The summed E-state index contributed by atoms with van der Waals surface area (Å²) in [7, 11) is 0. The lowest BCUT2D eigenvalue weighted by molar-refractivity contribution is -0.165. The molecule has 2 aromatic carbocycles. The monoisotopic (exact) mass is 497 g/mol. The summed E-state index contributed by atoms with van der Waals surface area (Å²) in [5.41, 5.74) is 3.45. The highest BCUT2D eigenvalue weighted by Crippen LogP contribution is 2.24. The van der Waals surface area contributed by atoms with Gasteiger partial charge in [-0.25, -0.2) is 9.59 Å². The Labute approximate surface area is 208 Å². The molecule has 1 aromatic heterocycles. The molecular weight excluding hydrogens is 466 g/mol. The van der Waals surface area contributed by atoms with Crippen molar-refractivity contribution >= 4 is 28.7 Å². The Morgan fingerprint density at radius 1 is 0.972 bits per heavy atom. The number of carboxylic acid groups (broad SMARTS) is 2. The molecule has 0 spiro atoms. The Kier molecular flexibility index (Phi) is 8.98. The second kappa shape index (κ2) is 11.9. The summed E-state index contributed by atoms with van der Waals surface area (Å²) in [6.45, 7) is 6.55. The molecule has 4 rings (SSSR count). The smallest absolute Gasteiger partial charge is 0.335 e. The number of benzene rings is 2. The van der Waals surface area contributed by atoms with Gasteiger partial charge < -0.3 is 29.7 Å². The SMILES string of the molecule is Cc1ccc(C(=O)c2ccc3oc(CCN4CCC[C@H]4C)cc3c2)cc1.O=C(O)[C@H](O)[C@@H](O)C(=O)O. The average molecular weight is 498 g/mol. The van der Waals surface area contributed by atoms with Crippen LogP contribution in [-0.2, 0) is 16.0 Å². The van der Waals surface area contributed by atoms with Crippen LogP contribution in [0.2, 0.25) is 0 Å². The van der Waals surface area contributed by atoms with E-state index in [0.29, 0.717) is 11.6 Å². The van der Waals surface area contributed by atoms with Crippen LogP contribution in [0.15, 0.2) is 52.9 Å². The predicted molar refractivity (Wildman–Crippen MR) is 132 cm³/mol. The number of hydrogen-bond acceptors (Lipinski definition) is 7. The highest BCUT2D eigenvalue weighted by atomic mass is 16.4. The molecule has 1 aliphatic heterocycles. The first kappa shape index (κ1) is 27.1. The summed E-state index contributed by atoms with van der Waals surface area (Å²) in [4.78, 5) is 34.8. The molecule has 4 N–H and O–H groups in total. The number of furan rings is 1. The van der Waals surface area contributed by atoms with Crippen LogP contribution in [0.1, 0.15) is 47.0 Å². The van der Waals surface area contributed by atoms with E-state index in [-0.39, 0.29) is 5.78 Å². The van der Waals surface area contributed by atoms with Crippen LogP contribution < -0.4 is 0 Å². The highest BCUT2D eigenvalue weighted by molar-refractivity contribution is 6.10. The summed E-state index contributed by atoms with van der Waals surface area (Å²) in [6, 6.07) is 16.2. The van der Waals surface area contributed by atoms with E-state index in [1.54, 1.807) is 0 Å². The molecule has 0 unspecified atom stereocenters. The number of likely N-dealkylation sites (tertiary alicyclic amines) is 1. The standard InChI is InChI=1S/C23H25NO2.C4H6O6/c1-16-5-7-18(8-6-16)23(25)19-9-10-22-20(14-19)15-21(26-22)11-13-24-12-3-4-17(24)2;5-1(3(7)8)2(6)4(9)10/h5-10,14-15,17H,3-4,11-13H2,1-2H3;1-2,5-6H,(H,7,8)(H,9,10)/t17-;1-,2-/m11/s1. The number of rotatable bonds is 8. The molecule has 0 bridgehead atoms. The van der Waals surface area contributed by atoms with Crippen LogP contribution in [0.5, 0.6) is 0 Å². The van der Waals surface area contributed by atoms with E-state index in [1.807, 2.05) is 49.4 Å². The Balaban J connectivity index is 0.000000308. The van der Waals surface area contributed by atoms with E-state index in [2.05, 4.69) is 17.9 Å². The van der Waals surface area contributed by atoms with Gasteiger partial charge in [0.2, 0.25) is 0 Å². The lowest BCUT2D eigenvalue weighted by atomic mass is 10.0. The van der Waals surface area contributed by atoms with E-state index in [1.165, 1.54) is 19.4 Å².